The summed E-state index contributed by atoms with van der Waals surface area (Å²) in [7, 11) is -3.62. The molecule has 1 heterocycles. The summed E-state index contributed by atoms with van der Waals surface area (Å²) >= 11 is 0. The van der Waals surface area contributed by atoms with Gasteiger partial charge in [0.2, 0.25) is 15.9 Å². The Balaban J connectivity index is 1.88. The second kappa shape index (κ2) is 6.72. The predicted octanol–water partition coefficient (Wildman–Crippen LogP) is 2.29. The summed E-state index contributed by atoms with van der Waals surface area (Å²) in [5.74, 6) is 0.757. The Bertz CT molecular complexity index is 732. The number of nitrogens with zero attached hydrogens (tertiary/aromatic N) is 1. The SMILES string of the molecule is CC(=O)N1CCOc2ccc(S(=O)(=O)NC3CCCCC3C)cc21. The first-order chi connectivity index (χ1) is 11.4. The number of ether oxygens (including phenoxy) is 1. The quantitative estimate of drug-likeness (QED) is 0.905. The van der Waals surface area contributed by atoms with Crippen molar-refractivity contribution in [3.63, 3.8) is 0 Å². The van der Waals surface area contributed by atoms with Gasteiger partial charge in [0.1, 0.15) is 12.4 Å². The number of carbonyl (C=O) groups excluding carboxylic acids is 1. The lowest BCUT2D eigenvalue weighted by Crippen LogP contribution is -2.41. The molecule has 1 N–H and O–H groups in total. The fourth-order valence-corrected chi connectivity index (χ4v) is 4.85. The smallest absolute Gasteiger partial charge is 0.240 e. The van der Waals surface area contributed by atoms with Gasteiger partial charge in [-0.3, -0.25) is 4.79 Å². The van der Waals surface area contributed by atoms with E-state index in [-0.39, 0.29) is 16.8 Å². The number of hydrogen-bond acceptors (Lipinski definition) is 4. The molecule has 1 aromatic rings. The summed E-state index contributed by atoms with van der Waals surface area (Å²) in [6.07, 6.45) is 4.12. The second-order valence-electron chi connectivity index (χ2n) is 6.64. The second-order valence-corrected chi connectivity index (χ2v) is 8.35. The number of anilines is 1. The van der Waals surface area contributed by atoms with Crippen molar-refractivity contribution in [3.8, 4) is 5.75 Å². The van der Waals surface area contributed by atoms with E-state index in [9.17, 15) is 13.2 Å². The van der Waals surface area contributed by atoms with E-state index in [2.05, 4.69) is 11.6 Å². The number of rotatable bonds is 3. The first-order valence-corrected chi connectivity index (χ1v) is 9.94. The van der Waals surface area contributed by atoms with E-state index in [1.165, 1.54) is 19.1 Å². The third-order valence-electron chi connectivity index (χ3n) is 4.90. The third kappa shape index (κ3) is 3.42. The van der Waals surface area contributed by atoms with Gasteiger partial charge in [0.05, 0.1) is 17.1 Å². The maximum absolute atomic E-state index is 12.8. The Morgan fingerprint density at radius 2 is 2.04 bits per heavy atom. The van der Waals surface area contributed by atoms with Crippen LogP contribution in [0.1, 0.15) is 39.5 Å². The van der Waals surface area contributed by atoms with Crippen molar-refractivity contribution >= 4 is 21.6 Å². The molecule has 1 aliphatic heterocycles. The molecule has 0 bridgehead atoms. The lowest BCUT2D eigenvalue weighted by Gasteiger charge is -2.30. The zero-order chi connectivity index (χ0) is 17.3. The van der Waals surface area contributed by atoms with Crippen LogP contribution in [-0.2, 0) is 14.8 Å². The van der Waals surface area contributed by atoms with Gasteiger partial charge in [-0.25, -0.2) is 13.1 Å². The summed E-state index contributed by atoms with van der Waals surface area (Å²) < 4.78 is 33.9. The molecule has 0 radical (unpaired) electrons. The molecule has 2 atom stereocenters. The Labute approximate surface area is 143 Å². The van der Waals surface area contributed by atoms with Crippen LogP contribution in [0.25, 0.3) is 0 Å². The minimum Gasteiger partial charge on any atom is -0.490 e. The number of carbonyl (C=O) groups is 1. The van der Waals surface area contributed by atoms with E-state index in [1.807, 2.05) is 0 Å². The Hall–Kier alpha value is -1.60. The number of nitrogens with one attached hydrogen (secondary N) is 1. The molecule has 0 spiro atoms. The highest BCUT2D eigenvalue weighted by atomic mass is 32.2. The Morgan fingerprint density at radius 3 is 2.75 bits per heavy atom. The molecule has 0 saturated heterocycles. The average molecular weight is 352 g/mol. The van der Waals surface area contributed by atoms with E-state index in [0.717, 1.165) is 25.7 Å². The molecule has 0 aromatic heterocycles. The minimum absolute atomic E-state index is 0.0278. The van der Waals surface area contributed by atoms with Crippen LogP contribution < -0.4 is 14.4 Å². The molecule has 1 fully saturated rings. The molecule has 7 heteroatoms. The van der Waals surface area contributed by atoms with Gasteiger partial charge >= 0.3 is 0 Å². The molecular formula is C17H24N2O4S. The van der Waals surface area contributed by atoms with Crippen molar-refractivity contribution in [3.05, 3.63) is 18.2 Å². The molecule has 3 rings (SSSR count). The normalized spacial score (nSPS) is 24.2. The van der Waals surface area contributed by atoms with E-state index >= 15 is 0 Å². The molecule has 6 nitrogen and oxygen atoms in total. The standard InChI is InChI=1S/C17H24N2O4S/c1-12-5-3-4-6-15(12)18-24(21,22)14-7-8-17-16(11-14)19(13(2)20)9-10-23-17/h7-8,11-12,15,18H,3-6,9-10H2,1-2H3. The van der Waals surface area contributed by atoms with Crippen molar-refractivity contribution in [2.24, 2.45) is 5.92 Å². The van der Waals surface area contributed by atoms with Crippen LogP contribution in [0.5, 0.6) is 5.75 Å². The van der Waals surface area contributed by atoms with Gasteiger partial charge in [-0.15, -0.1) is 0 Å². The number of fused-ring (bicyclic) bond motifs is 1. The highest BCUT2D eigenvalue weighted by Crippen LogP contribution is 2.34. The monoisotopic (exact) mass is 352 g/mol. The Morgan fingerprint density at radius 1 is 1.29 bits per heavy atom. The molecular weight excluding hydrogens is 328 g/mol. The van der Waals surface area contributed by atoms with Crippen molar-refractivity contribution in [2.75, 3.05) is 18.1 Å². The van der Waals surface area contributed by atoms with Gasteiger partial charge in [0.15, 0.2) is 0 Å². The van der Waals surface area contributed by atoms with E-state index < -0.39 is 10.0 Å². The number of benzene rings is 1. The zero-order valence-corrected chi connectivity index (χ0v) is 14.9. The van der Waals surface area contributed by atoms with Crippen LogP contribution in [0, 0.1) is 5.92 Å². The van der Waals surface area contributed by atoms with E-state index in [1.54, 1.807) is 11.0 Å². The molecule has 2 unspecified atom stereocenters. The van der Waals surface area contributed by atoms with Crippen LogP contribution in [-0.4, -0.2) is 33.5 Å². The fraction of sp³-hybridized carbons (Fsp3) is 0.588. The third-order valence-corrected chi connectivity index (χ3v) is 6.39. The largest absolute Gasteiger partial charge is 0.490 e. The van der Waals surface area contributed by atoms with E-state index in [4.69, 9.17) is 4.74 Å². The van der Waals surface area contributed by atoms with E-state index in [0.29, 0.717) is 30.5 Å². The highest BCUT2D eigenvalue weighted by molar-refractivity contribution is 7.89. The van der Waals surface area contributed by atoms with Crippen molar-refractivity contribution in [2.45, 2.75) is 50.5 Å². The summed E-state index contributed by atoms with van der Waals surface area (Å²) in [6, 6.07) is 4.67. The molecule has 1 aromatic carbocycles. The van der Waals surface area contributed by atoms with Crippen molar-refractivity contribution in [1.82, 2.24) is 4.72 Å². The number of sulfonamides is 1. The molecule has 1 aliphatic carbocycles. The topological polar surface area (TPSA) is 75.7 Å². The molecule has 24 heavy (non-hydrogen) atoms. The van der Waals surface area contributed by atoms with Crippen LogP contribution in [0.2, 0.25) is 0 Å². The summed E-state index contributed by atoms with van der Waals surface area (Å²) in [5, 5.41) is 0. The molecule has 132 valence electrons. The maximum atomic E-state index is 12.8. The fourth-order valence-electron chi connectivity index (χ4n) is 3.45. The number of amides is 1. The van der Waals surface area contributed by atoms with Crippen molar-refractivity contribution < 1.29 is 17.9 Å². The maximum Gasteiger partial charge on any atom is 0.240 e. The van der Waals surface area contributed by atoms with Crippen molar-refractivity contribution in [1.29, 1.82) is 0 Å². The van der Waals surface area contributed by atoms with Gasteiger partial charge in [0.25, 0.3) is 0 Å². The van der Waals surface area contributed by atoms with Gasteiger partial charge < -0.3 is 9.64 Å². The van der Waals surface area contributed by atoms with Crippen LogP contribution in [0.3, 0.4) is 0 Å². The van der Waals surface area contributed by atoms with Crippen LogP contribution >= 0.6 is 0 Å². The first-order valence-electron chi connectivity index (χ1n) is 8.46. The zero-order valence-electron chi connectivity index (χ0n) is 14.1. The molecule has 1 amide bonds. The summed E-state index contributed by atoms with van der Waals surface area (Å²) in [6.45, 7) is 4.40. The lowest BCUT2D eigenvalue weighted by atomic mass is 9.87. The van der Waals surface area contributed by atoms with Crippen LogP contribution in [0.4, 0.5) is 5.69 Å². The minimum atomic E-state index is -3.62. The number of hydrogen-bond donors (Lipinski definition) is 1. The lowest BCUT2D eigenvalue weighted by molar-refractivity contribution is -0.116. The van der Waals surface area contributed by atoms with Gasteiger partial charge in [0, 0.05) is 13.0 Å². The molecule has 1 saturated carbocycles. The summed E-state index contributed by atoms with van der Waals surface area (Å²) in [4.78, 5) is 13.5. The van der Waals surface area contributed by atoms with Gasteiger partial charge in [-0.05, 0) is 37.0 Å². The first kappa shape index (κ1) is 17.2. The van der Waals surface area contributed by atoms with Crippen LogP contribution in [0.15, 0.2) is 23.1 Å². The Kier molecular flexibility index (Phi) is 4.83. The van der Waals surface area contributed by atoms with Gasteiger partial charge in [-0.1, -0.05) is 19.8 Å². The summed E-state index contributed by atoms with van der Waals surface area (Å²) in [5.41, 5.74) is 0.522. The molecule has 2 aliphatic rings. The average Bonchev–Trinajstić information content (AvgIpc) is 2.55. The van der Waals surface area contributed by atoms with Gasteiger partial charge in [-0.2, -0.15) is 0 Å². The highest BCUT2D eigenvalue weighted by Gasteiger charge is 2.29. The predicted molar refractivity (Wildman–Crippen MR) is 91.7 cm³/mol.